The van der Waals surface area contributed by atoms with E-state index < -0.39 is 0 Å². The van der Waals surface area contributed by atoms with E-state index >= 15 is 0 Å². The molecule has 2 amide bonds. The van der Waals surface area contributed by atoms with E-state index in [0.29, 0.717) is 11.4 Å². The van der Waals surface area contributed by atoms with Gasteiger partial charge in [-0.1, -0.05) is 34.1 Å². The van der Waals surface area contributed by atoms with Crippen molar-refractivity contribution in [2.45, 2.75) is 6.92 Å². The first-order valence-electron chi connectivity index (χ1n) is 6.65. The third kappa shape index (κ3) is 5.18. The lowest BCUT2D eigenvalue weighted by molar-refractivity contribution is -0.114. The van der Waals surface area contributed by atoms with Crippen LogP contribution in [0.25, 0.3) is 6.08 Å². The zero-order valence-corrected chi connectivity index (χ0v) is 13.6. The summed E-state index contributed by atoms with van der Waals surface area (Å²) in [6.07, 6.45) is 3.20. The molecule has 4 nitrogen and oxygen atoms in total. The van der Waals surface area contributed by atoms with Crippen LogP contribution >= 0.6 is 15.9 Å². The Hall–Kier alpha value is -2.40. The number of rotatable bonds is 4. The predicted octanol–water partition coefficient (Wildman–Crippen LogP) is 4.06. The molecule has 0 saturated carbocycles. The fourth-order valence-electron chi connectivity index (χ4n) is 1.81. The van der Waals surface area contributed by atoms with Gasteiger partial charge in [0.2, 0.25) is 11.8 Å². The number of hydrogen-bond acceptors (Lipinski definition) is 2. The average Bonchev–Trinajstić information content (AvgIpc) is 2.46. The first-order chi connectivity index (χ1) is 10.5. The van der Waals surface area contributed by atoms with E-state index in [0.717, 1.165) is 10.0 Å². The molecule has 5 heteroatoms. The van der Waals surface area contributed by atoms with Crippen molar-refractivity contribution in [3.05, 3.63) is 64.6 Å². The van der Waals surface area contributed by atoms with Crippen molar-refractivity contribution in [2.24, 2.45) is 0 Å². The quantitative estimate of drug-likeness (QED) is 0.809. The van der Waals surface area contributed by atoms with E-state index in [1.54, 1.807) is 30.3 Å². The Kier molecular flexibility index (Phi) is 5.49. The lowest BCUT2D eigenvalue weighted by Gasteiger charge is -2.06. The summed E-state index contributed by atoms with van der Waals surface area (Å²) in [6, 6.07) is 14.6. The van der Waals surface area contributed by atoms with Gasteiger partial charge < -0.3 is 10.6 Å². The minimum absolute atomic E-state index is 0.154. The van der Waals surface area contributed by atoms with Gasteiger partial charge >= 0.3 is 0 Å². The number of carbonyl (C=O) groups excluding carboxylic acids is 2. The Labute approximate surface area is 137 Å². The van der Waals surface area contributed by atoms with Crippen LogP contribution in [0.4, 0.5) is 11.4 Å². The van der Waals surface area contributed by atoms with Crippen LogP contribution < -0.4 is 10.6 Å². The van der Waals surface area contributed by atoms with Crippen LogP contribution in [-0.2, 0) is 9.59 Å². The van der Waals surface area contributed by atoms with Gasteiger partial charge in [-0.25, -0.2) is 0 Å². The Morgan fingerprint density at radius 1 is 1.00 bits per heavy atom. The first-order valence-corrected chi connectivity index (χ1v) is 7.44. The van der Waals surface area contributed by atoms with E-state index in [-0.39, 0.29) is 11.8 Å². The minimum atomic E-state index is -0.233. The second-order valence-electron chi connectivity index (χ2n) is 4.64. The van der Waals surface area contributed by atoms with Gasteiger partial charge in [0.25, 0.3) is 0 Å². The van der Waals surface area contributed by atoms with Crippen molar-refractivity contribution in [3.63, 3.8) is 0 Å². The highest BCUT2D eigenvalue weighted by Crippen LogP contribution is 2.15. The molecule has 0 aliphatic rings. The van der Waals surface area contributed by atoms with Crippen LogP contribution in [0, 0.1) is 0 Å². The predicted molar refractivity (Wildman–Crippen MR) is 92.6 cm³/mol. The lowest BCUT2D eigenvalue weighted by Crippen LogP contribution is -2.09. The molecule has 0 atom stereocenters. The maximum atomic E-state index is 11.9. The lowest BCUT2D eigenvalue weighted by atomic mass is 10.2. The molecule has 0 aliphatic heterocycles. The number of nitrogens with one attached hydrogen (secondary N) is 2. The topological polar surface area (TPSA) is 58.2 Å². The van der Waals surface area contributed by atoms with E-state index in [4.69, 9.17) is 0 Å². The summed E-state index contributed by atoms with van der Waals surface area (Å²) in [5.41, 5.74) is 2.20. The monoisotopic (exact) mass is 358 g/mol. The zero-order valence-electron chi connectivity index (χ0n) is 12.0. The molecule has 0 bridgehead atoms. The van der Waals surface area contributed by atoms with Crippen LogP contribution in [0.3, 0.4) is 0 Å². The Bertz CT molecular complexity index is 709. The molecule has 0 radical (unpaired) electrons. The second-order valence-corrected chi connectivity index (χ2v) is 5.55. The Balaban J connectivity index is 1.99. The molecule has 112 valence electrons. The van der Waals surface area contributed by atoms with E-state index in [9.17, 15) is 9.59 Å². The first kappa shape index (κ1) is 16.0. The molecular formula is C17H15BrN2O2. The maximum Gasteiger partial charge on any atom is 0.248 e. The number of anilines is 2. The number of halogens is 1. The fraction of sp³-hybridized carbons (Fsp3) is 0.0588. The van der Waals surface area contributed by atoms with Crippen molar-refractivity contribution in [1.82, 2.24) is 0 Å². The molecule has 2 N–H and O–H groups in total. The van der Waals surface area contributed by atoms with Crippen LogP contribution in [0.1, 0.15) is 12.5 Å². The van der Waals surface area contributed by atoms with Crippen LogP contribution in [0.2, 0.25) is 0 Å². The molecule has 0 spiro atoms. The minimum Gasteiger partial charge on any atom is -0.326 e. The molecule has 0 fully saturated rings. The van der Waals surface area contributed by atoms with Crippen LogP contribution in [0.15, 0.2) is 59.1 Å². The summed E-state index contributed by atoms with van der Waals surface area (Å²) in [5, 5.41) is 5.42. The van der Waals surface area contributed by atoms with Gasteiger partial charge in [0, 0.05) is 28.8 Å². The van der Waals surface area contributed by atoms with Crippen molar-refractivity contribution in [2.75, 3.05) is 10.6 Å². The molecule has 0 aromatic heterocycles. The zero-order chi connectivity index (χ0) is 15.9. The highest BCUT2D eigenvalue weighted by molar-refractivity contribution is 9.10. The van der Waals surface area contributed by atoms with Gasteiger partial charge in [-0.15, -0.1) is 0 Å². The average molecular weight is 359 g/mol. The standard InChI is InChI=1S/C17H15BrN2O2/c1-12(21)19-15-3-2-4-16(11-15)20-17(22)10-7-13-5-8-14(18)9-6-13/h2-11H,1H3,(H,19,21)(H,20,22)/b10-7+. The molecule has 2 rings (SSSR count). The highest BCUT2D eigenvalue weighted by Gasteiger charge is 2.00. The molecule has 2 aromatic carbocycles. The Morgan fingerprint density at radius 2 is 1.64 bits per heavy atom. The SMILES string of the molecule is CC(=O)Nc1cccc(NC(=O)/C=C/c2ccc(Br)cc2)c1. The number of hydrogen-bond donors (Lipinski definition) is 2. The summed E-state index contributed by atoms with van der Waals surface area (Å²) < 4.78 is 0.990. The second kappa shape index (κ2) is 7.56. The van der Waals surface area contributed by atoms with Gasteiger partial charge in [0.1, 0.15) is 0 Å². The third-order valence-electron chi connectivity index (χ3n) is 2.75. The molecule has 0 unspecified atom stereocenters. The van der Waals surface area contributed by atoms with Crippen molar-refractivity contribution in [1.29, 1.82) is 0 Å². The number of benzene rings is 2. The normalized spacial score (nSPS) is 10.5. The summed E-state index contributed by atoms with van der Waals surface area (Å²) in [7, 11) is 0. The van der Waals surface area contributed by atoms with Crippen molar-refractivity contribution >= 4 is 45.2 Å². The van der Waals surface area contributed by atoms with Gasteiger partial charge in [0.05, 0.1) is 0 Å². The van der Waals surface area contributed by atoms with Crippen LogP contribution in [-0.4, -0.2) is 11.8 Å². The van der Waals surface area contributed by atoms with Gasteiger partial charge in [0.15, 0.2) is 0 Å². The largest absolute Gasteiger partial charge is 0.326 e. The van der Waals surface area contributed by atoms with Gasteiger partial charge in [-0.2, -0.15) is 0 Å². The van der Waals surface area contributed by atoms with Gasteiger partial charge in [-0.05, 0) is 42.0 Å². The maximum absolute atomic E-state index is 11.9. The highest BCUT2D eigenvalue weighted by atomic mass is 79.9. The molecule has 0 saturated heterocycles. The summed E-state index contributed by atoms with van der Waals surface area (Å²) in [5.74, 6) is -0.387. The fourth-order valence-corrected chi connectivity index (χ4v) is 2.07. The molecule has 0 aliphatic carbocycles. The van der Waals surface area contributed by atoms with Crippen LogP contribution in [0.5, 0.6) is 0 Å². The van der Waals surface area contributed by atoms with E-state index in [2.05, 4.69) is 26.6 Å². The van der Waals surface area contributed by atoms with E-state index in [1.807, 2.05) is 24.3 Å². The molecule has 0 heterocycles. The third-order valence-corrected chi connectivity index (χ3v) is 3.28. The summed E-state index contributed by atoms with van der Waals surface area (Å²) in [4.78, 5) is 22.9. The smallest absolute Gasteiger partial charge is 0.248 e. The van der Waals surface area contributed by atoms with Gasteiger partial charge in [-0.3, -0.25) is 9.59 Å². The summed E-state index contributed by atoms with van der Waals surface area (Å²) in [6.45, 7) is 1.44. The molecule has 2 aromatic rings. The molecular weight excluding hydrogens is 344 g/mol. The Morgan fingerprint density at radius 3 is 2.27 bits per heavy atom. The molecule has 22 heavy (non-hydrogen) atoms. The number of amides is 2. The van der Waals surface area contributed by atoms with Crippen molar-refractivity contribution in [3.8, 4) is 0 Å². The number of carbonyl (C=O) groups is 2. The van der Waals surface area contributed by atoms with Crippen molar-refractivity contribution < 1.29 is 9.59 Å². The summed E-state index contributed by atoms with van der Waals surface area (Å²) >= 11 is 3.36. The van der Waals surface area contributed by atoms with E-state index in [1.165, 1.54) is 13.0 Å².